The Morgan fingerprint density at radius 3 is 2.80 bits per heavy atom. The molecule has 0 bridgehead atoms. The van der Waals surface area contributed by atoms with Crippen molar-refractivity contribution in [3.8, 4) is 0 Å². The minimum Gasteiger partial charge on any atom is -0.481 e. The van der Waals surface area contributed by atoms with E-state index in [4.69, 9.17) is 21.4 Å². The maximum atomic E-state index is 10.5. The first kappa shape index (κ1) is 12.0. The first-order valence-corrected chi connectivity index (χ1v) is 5.08. The second-order valence-electron chi connectivity index (χ2n) is 3.13. The molecule has 0 aliphatic heterocycles. The van der Waals surface area contributed by atoms with E-state index in [9.17, 15) is 4.79 Å². The van der Waals surface area contributed by atoms with Crippen LogP contribution in [0.3, 0.4) is 0 Å². The molecule has 0 aliphatic rings. The standard InChI is InChI=1S/C11H13ClO3/c1-2-15-7-9-4-3-8(5-10(9)12)6-11(13)14/h3-5H,2,6-7H2,1H3,(H,13,14). The second kappa shape index (κ2) is 5.73. The fourth-order valence-electron chi connectivity index (χ4n) is 1.20. The van der Waals surface area contributed by atoms with Crippen LogP contribution >= 0.6 is 11.6 Å². The van der Waals surface area contributed by atoms with E-state index in [0.29, 0.717) is 23.8 Å². The predicted molar refractivity (Wildman–Crippen MR) is 58.1 cm³/mol. The molecule has 0 unspecified atom stereocenters. The lowest BCUT2D eigenvalue weighted by molar-refractivity contribution is -0.136. The molecule has 0 fully saturated rings. The molecule has 1 N–H and O–H groups in total. The smallest absolute Gasteiger partial charge is 0.307 e. The van der Waals surface area contributed by atoms with E-state index in [1.54, 1.807) is 18.2 Å². The lowest BCUT2D eigenvalue weighted by Crippen LogP contribution is -2.01. The van der Waals surface area contributed by atoms with Gasteiger partial charge < -0.3 is 9.84 Å². The van der Waals surface area contributed by atoms with Crippen molar-refractivity contribution in [1.29, 1.82) is 0 Å². The van der Waals surface area contributed by atoms with Crippen molar-refractivity contribution in [2.75, 3.05) is 6.61 Å². The number of carboxylic acids is 1. The zero-order valence-electron chi connectivity index (χ0n) is 8.50. The lowest BCUT2D eigenvalue weighted by Gasteiger charge is -2.05. The Bertz CT molecular complexity index is 350. The number of benzene rings is 1. The van der Waals surface area contributed by atoms with Gasteiger partial charge in [-0.1, -0.05) is 23.7 Å². The van der Waals surface area contributed by atoms with Crippen LogP contribution in [0, 0.1) is 0 Å². The maximum Gasteiger partial charge on any atom is 0.307 e. The molecule has 0 saturated carbocycles. The van der Waals surface area contributed by atoms with Crippen LogP contribution in [0.1, 0.15) is 18.1 Å². The maximum absolute atomic E-state index is 10.5. The van der Waals surface area contributed by atoms with E-state index >= 15 is 0 Å². The van der Waals surface area contributed by atoms with Gasteiger partial charge in [-0.3, -0.25) is 4.79 Å². The Balaban J connectivity index is 2.74. The molecule has 1 aromatic carbocycles. The molecule has 0 radical (unpaired) electrons. The minimum absolute atomic E-state index is 0.00532. The molecule has 0 saturated heterocycles. The molecule has 0 amide bonds. The number of aliphatic carboxylic acids is 1. The molecule has 0 aliphatic carbocycles. The fraction of sp³-hybridized carbons (Fsp3) is 0.364. The monoisotopic (exact) mass is 228 g/mol. The summed E-state index contributed by atoms with van der Waals surface area (Å²) in [5.41, 5.74) is 1.58. The summed E-state index contributed by atoms with van der Waals surface area (Å²) < 4.78 is 5.22. The molecule has 4 heteroatoms. The molecular formula is C11H13ClO3. The van der Waals surface area contributed by atoms with Gasteiger partial charge >= 0.3 is 5.97 Å². The normalized spacial score (nSPS) is 10.3. The van der Waals surface area contributed by atoms with Gasteiger partial charge in [-0.2, -0.15) is 0 Å². The summed E-state index contributed by atoms with van der Waals surface area (Å²) in [5.74, 6) is -0.858. The third kappa shape index (κ3) is 3.90. The average Bonchev–Trinajstić information content (AvgIpc) is 2.15. The van der Waals surface area contributed by atoms with E-state index < -0.39 is 5.97 Å². The van der Waals surface area contributed by atoms with Crippen molar-refractivity contribution in [1.82, 2.24) is 0 Å². The number of rotatable bonds is 5. The second-order valence-corrected chi connectivity index (χ2v) is 3.54. The fourth-order valence-corrected chi connectivity index (χ4v) is 1.46. The predicted octanol–water partition coefficient (Wildman–Crippen LogP) is 2.50. The summed E-state index contributed by atoms with van der Waals surface area (Å²) in [6.07, 6.45) is -0.00532. The number of ether oxygens (including phenoxy) is 1. The zero-order valence-corrected chi connectivity index (χ0v) is 9.25. The Hall–Kier alpha value is -1.06. The summed E-state index contributed by atoms with van der Waals surface area (Å²) >= 11 is 5.98. The topological polar surface area (TPSA) is 46.5 Å². The molecule has 82 valence electrons. The minimum atomic E-state index is -0.858. The molecule has 15 heavy (non-hydrogen) atoms. The van der Waals surface area contributed by atoms with E-state index in [1.165, 1.54) is 0 Å². The Morgan fingerprint density at radius 2 is 2.27 bits per heavy atom. The molecule has 1 aromatic rings. The van der Waals surface area contributed by atoms with Crippen molar-refractivity contribution in [3.05, 3.63) is 34.3 Å². The Kier molecular flexibility index (Phi) is 4.59. The highest BCUT2D eigenvalue weighted by atomic mass is 35.5. The van der Waals surface area contributed by atoms with E-state index in [0.717, 1.165) is 5.56 Å². The summed E-state index contributed by atoms with van der Waals surface area (Å²) in [6, 6.07) is 5.23. The van der Waals surface area contributed by atoms with Crippen molar-refractivity contribution >= 4 is 17.6 Å². The van der Waals surface area contributed by atoms with Gasteiger partial charge in [0.15, 0.2) is 0 Å². The Morgan fingerprint density at radius 1 is 1.53 bits per heavy atom. The summed E-state index contributed by atoms with van der Waals surface area (Å²) in [5, 5.41) is 9.16. The molecular weight excluding hydrogens is 216 g/mol. The quantitative estimate of drug-likeness (QED) is 0.842. The van der Waals surface area contributed by atoms with Crippen molar-refractivity contribution in [2.24, 2.45) is 0 Å². The number of hydrogen-bond acceptors (Lipinski definition) is 2. The van der Waals surface area contributed by atoms with Crippen LogP contribution in [0.4, 0.5) is 0 Å². The first-order valence-electron chi connectivity index (χ1n) is 4.70. The van der Waals surface area contributed by atoms with Crippen LogP contribution in [0.5, 0.6) is 0 Å². The average molecular weight is 229 g/mol. The van der Waals surface area contributed by atoms with E-state index in [-0.39, 0.29) is 6.42 Å². The molecule has 1 rings (SSSR count). The van der Waals surface area contributed by atoms with E-state index in [2.05, 4.69) is 0 Å². The number of carbonyl (C=O) groups is 1. The highest BCUT2D eigenvalue weighted by molar-refractivity contribution is 6.31. The van der Waals surface area contributed by atoms with Gasteiger partial charge in [0.25, 0.3) is 0 Å². The van der Waals surface area contributed by atoms with Gasteiger partial charge in [-0.15, -0.1) is 0 Å². The molecule has 0 spiro atoms. The third-order valence-electron chi connectivity index (χ3n) is 1.93. The molecule has 0 aromatic heterocycles. The number of carboxylic acid groups (broad SMARTS) is 1. The highest BCUT2D eigenvalue weighted by Crippen LogP contribution is 2.19. The summed E-state index contributed by atoms with van der Waals surface area (Å²) in [6.45, 7) is 3.00. The van der Waals surface area contributed by atoms with Crippen LogP contribution in [-0.4, -0.2) is 17.7 Å². The highest BCUT2D eigenvalue weighted by Gasteiger charge is 2.04. The SMILES string of the molecule is CCOCc1ccc(CC(=O)O)cc1Cl. The molecule has 3 nitrogen and oxygen atoms in total. The molecule has 0 atom stereocenters. The number of hydrogen-bond donors (Lipinski definition) is 1. The number of halogens is 1. The van der Waals surface area contributed by atoms with Gasteiger partial charge in [0.2, 0.25) is 0 Å². The van der Waals surface area contributed by atoms with Crippen LogP contribution < -0.4 is 0 Å². The third-order valence-corrected chi connectivity index (χ3v) is 2.29. The van der Waals surface area contributed by atoms with Crippen LogP contribution in [0.25, 0.3) is 0 Å². The van der Waals surface area contributed by atoms with Gasteiger partial charge in [-0.05, 0) is 24.1 Å². The zero-order chi connectivity index (χ0) is 11.3. The van der Waals surface area contributed by atoms with Gasteiger partial charge in [0, 0.05) is 11.6 Å². The van der Waals surface area contributed by atoms with Crippen molar-refractivity contribution < 1.29 is 14.6 Å². The molecule has 0 heterocycles. The van der Waals surface area contributed by atoms with Gasteiger partial charge in [0.1, 0.15) is 0 Å². The first-order chi connectivity index (χ1) is 7.13. The summed E-state index contributed by atoms with van der Waals surface area (Å²) in [4.78, 5) is 10.5. The van der Waals surface area contributed by atoms with Crippen LogP contribution in [0.15, 0.2) is 18.2 Å². The Labute approximate surface area is 93.6 Å². The lowest BCUT2D eigenvalue weighted by atomic mass is 10.1. The van der Waals surface area contributed by atoms with Crippen LogP contribution in [-0.2, 0) is 22.6 Å². The largest absolute Gasteiger partial charge is 0.481 e. The van der Waals surface area contributed by atoms with Crippen molar-refractivity contribution in [3.63, 3.8) is 0 Å². The van der Waals surface area contributed by atoms with Crippen LogP contribution in [0.2, 0.25) is 5.02 Å². The van der Waals surface area contributed by atoms with E-state index in [1.807, 2.05) is 6.92 Å². The van der Waals surface area contributed by atoms with Gasteiger partial charge in [-0.25, -0.2) is 0 Å². The van der Waals surface area contributed by atoms with Crippen molar-refractivity contribution in [2.45, 2.75) is 20.0 Å². The summed E-state index contributed by atoms with van der Waals surface area (Å²) in [7, 11) is 0. The van der Waals surface area contributed by atoms with Gasteiger partial charge in [0.05, 0.1) is 13.0 Å².